The number of aromatic nitrogens is 4. The average molecular weight is 328 g/mol. The maximum absolute atomic E-state index is 13.1. The van der Waals surface area contributed by atoms with Crippen LogP contribution in [0.4, 0.5) is 19.0 Å². The number of primary amides is 1. The number of rotatable bonds is 3. The van der Waals surface area contributed by atoms with Crippen LogP contribution in [0.2, 0.25) is 0 Å². The van der Waals surface area contributed by atoms with Gasteiger partial charge in [0.2, 0.25) is 5.82 Å². The predicted molar refractivity (Wildman–Crippen MR) is 71.5 cm³/mol. The van der Waals surface area contributed by atoms with Gasteiger partial charge in [-0.15, -0.1) is 0 Å². The third kappa shape index (κ3) is 3.27. The fourth-order valence-electron chi connectivity index (χ4n) is 1.98. The Kier molecular flexibility index (Phi) is 4.04. The number of anilines is 1. The van der Waals surface area contributed by atoms with Crippen molar-refractivity contribution in [2.75, 3.05) is 5.32 Å². The third-order valence-electron chi connectivity index (χ3n) is 2.84. The number of alkyl halides is 3. The molecule has 0 unspecified atom stereocenters. The maximum atomic E-state index is 13.1. The van der Waals surface area contributed by atoms with Crippen LogP contribution in [0.1, 0.15) is 32.4 Å². The molecule has 122 valence electrons. The molecular weight excluding hydrogens is 317 g/mol. The highest BCUT2D eigenvalue weighted by Crippen LogP contribution is 2.34. The van der Waals surface area contributed by atoms with Crippen molar-refractivity contribution < 1.29 is 22.8 Å². The van der Waals surface area contributed by atoms with Crippen LogP contribution in [-0.2, 0) is 13.2 Å². The van der Waals surface area contributed by atoms with Crippen LogP contribution in [0.15, 0.2) is 12.3 Å². The van der Waals surface area contributed by atoms with Crippen molar-refractivity contribution in [1.82, 2.24) is 19.7 Å². The first-order chi connectivity index (χ1) is 10.6. The smallest absolute Gasteiger partial charge is 0.363 e. The van der Waals surface area contributed by atoms with Crippen LogP contribution in [0, 0.1) is 6.92 Å². The monoisotopic (exact) mass is 328 g/mol. The number of nitrogens with one attached hydrogen (secondary N) is 1. The number of nitrogens with zero attached hydrogens (tertiary/aromatic N) is 4. The van der Waals surface area contributed by atoms with Gasteiger partial charge in [0.05, 0.1) is 5.69 Å². The molecule has 0 spiro atoms. The second-order valence-corrected chi connectivity index (χ2v) is 4.51. The van der Waals surface area contributed by atoms with Gasteiger partial charge in [0, 0.05) is 13.2 Å². The molecule has 2 aromatic rings. The number of carbonyl (C=O) groups excluding carboxylic acids is 2. The van der Waals surface area contributed by atoms with E-state index < -0.39 is 29.2 Å². The van der Waals surface area contributed by atoms with Gasteiger partial charge in [-0.3, -0.25) is 14.3 Å². The minimum absolute atomic E-state index is 0.161. The van der Waals surface area contributed by atoms with E-state index in [0.29, 0.717) is 0 Å². The van der Waals surface area contributed by atoms with Gasteiger partial charge < -0.3 is 11.1 Å². The van der Waals surface area contributed by atoms with Gasteiger partial charge in [0.1, 0.15) is 17.1 Å². The fraction of sp³-hybridized carbons (Fsp3) is 0.250. The first kappa shape index (κ1) is 16.4. The molecule has 8 nitrogen and oxygen atoms in total. The number of aryl methyl sites for hydroxylation is 2. The van der Waals surface area contributed by atoms with Crippen molar-refractivity contribution in [2.24, 2.45) is 12.8 Å². The van der Waals surface area contributed by atoms with Crippen molar-refractivity contribution >= 4 is 17.6 Å². The Morgan fingerprint density at radius 2 is 2.00 bits per heavy atom. The van der Waals surface area contributed by atoms with Crippen LogP contribution in [0.3, 0.4) is 0 Å². The molecular formula is C12H11F3N6O2. The summed E-state index contributed by atoms with van der Waals surface area (Å²) in [6, 6.07) is 1.21. The van der Waals surface area contributed by atoms with Crippen molar-refractivity contribution in [2.45, 2.75) is 13.1 Å². The Bertz CT molecular complexity index is 784. The molecule has 2 heterocycles. The summed E-state index contributed by atoms with van der Waals surface area (Å²) in [7, 11) is 1.21. The second-order valence-electron chi connectivity index (χ2n) is 4.51. The Balaban J connectivity index is 2.39. The summed E-state index contributed by atoms with van der Waals surface area (Å²) < 4.78 is 40.0. The highest BCUT2D eigenvalue weighted by molar-refractivity contribution is 6.04. The first-order valence-corrected chi connectivity index (χ1v) is 6.16. The van der Waals surface area contributed by atoms with E-state index in [9.17, 15) is 22.8 Å². The summed E-state index contributed by atoms with van der Waals surface area (Å²) in [5.74, 6) is -2.55. The second kappa shape index (κ2) is 5.66. The molecule has 0 atom stereocenters. The molecule has 2 aromatic heterocycles. The maximum Gasteiger partial charge on any atom is 0.420 e. The van der Waals surface area contributed by atoms with Crippen molar-refractivity contribution in [1.29, 1.82) is 0 Å². The van der Waals surface area contributed by atoms with Gasteiger partial charge in [-0.05, 0) is 13.0 Å². The molecule has 0 aromatic carbocycles. The number of amides is 2. The lowest BCUT2D eigenvalue weighted by Crippen LogP contribution is -2.23. The highest BCUT2D eigenvalue weighted by Gasteiger charge is 2.40. The van der Waals surface area contributed by atoms with Gasteiger partial charge in [-0.1, -0.05) is 0 Å². The quantitative estimate of drug-likeness (QED) is 0.868. The molecule has 0 aliphatic heterocycles. The molecule has 0 aliphatic rings. The van der Waals surface area contributed by atoms with E-state index in [2.05, 4.69) is 20.4 Å². The van der Waals surface area contributed by atoms with E-state index in [1.165, 1.54) is 13.1 Å². The normalized spacial score (nSPS) is 11.3. The Morgan fingerprint density at radius 1 is 1.35 bits per heavy atom. The van der Waals surface area contributed by atoms with E-state index in [0.717, 1.165) is 17.8 Å². The van der Waals surface area contributed by atoms with E-state index in [1.807, 2.05) is 0 Å². The molecule has 0 fully saturated rings. The lowest BCUT2D eigenvalue weighted by Gasteiger charge is -2.10. The zero-order valence-corrected chi connectivity index (χ0v) is 12.0. The molecule has 23 heavy (non-hydrogen) atoms. The lowest BCUT2D eigenvalue weighted by atomic mass is 10.1. The average Bonchev–Trinajstić information content (AvgIpc) is 2.73. The van der Waals surface area contributed by atoms with Gasteiger partial charge in [0.15, 0.2) is 0 Å². The van der Waals surface area contributed by atoms with E-state index in [1.54, 1.807) is 0 Å². The zero-order chi connectivity index (χ0) is 17.4. The zero-order valence-electron chi connectivity index (χ0n) is 12.0. The van der Waals surface area contributed by atoms with Crippen molar-refractivity contribution in [3.05, 3.63) is 35.0 Å². The molecule has 11 heteroatoms. The molecule has 0 radical (unpaired) electrons. The van der Waals surface area contributed by atoms with Gasteiger partial charge >= 0.3 is 6.18 Å². The summed E-state index contributed by atoms with van der Waals surface area (Å²) >= 11 is 0. The lowest BCUT2D eigenvalue weighted by molar-refractivity contribution is -0.138. The SMILES string of the molecule is Cc1nn(C)c(C(=O)Nc2ccnc(C(N)=O)n2)c1C(F)(F)F. The summed E-state index contributed by atoms with van der Waals surface area (Å²) in [4.78, 5) is 30.3. The van der Waals surface area contributed by atoms with Gasteiger partial charge in [-0.2, -0.15) is 18.3 Å². The standard InChI is InChI=1S/C12H11F3N6O2/c1-5-7(12(13,14)15)8(21(2)20-5)11(23)19-6-3-4-17-10(18-6)9(16)22/h3-4H,1-2H3,(H2,16,22)(H,17,18,19,23). The van der Waals surface area contributed by atoms with Crippen LogP contribution in [0.25, 0.3) is 0 Å². The Morgan fingerprint density at radius 3 is 2.57 bits per heavy atom. The number of hydrogen-bond acceptors (Lipinski definition) is 5. The van der Waals surface area contributed by atoms with Crippen molar-refractivity contribution in [3.8, 4) is 0 Å². The van der Waals surface area contributed by atoms with Crippen molar-refractivity contribution in [3.63, 3.8) is 0 Å². The number of nitrogens with two attached hydrogens (primary N) is 1. The largest absolute Gasteiger partial charge is 0.420 e. The van der Waals surface area contributed by atoms with E-state index in [4.69, 9.17) is 5.73 Å². The highest BCUT2D eigenvalue weighted by atomic mass is 19.4. The molecule has 2 rings (SSSR count). The van der Waals surface area contributed by atoms with Gasteiger partial charge in [0.25, 0.3) is 11.8 Å². The van der Waals surface area contributed by atoms with Crippen LogP contribution < -0.4 is 11.1 Å². The summed E-state index contributed by atoms with van der Waals surface area (Å²) in [6.45, 7) is 1.15. The molecule has 0 bridgehead atoms. The first-order valence-electron chi connectivity index (χ1n) is 6.16. The summed E-state index contributed by atoms with van der Waals surface area (Å²) in [6.07, 6.45) is -3.60. The molecule has 2 amide bonds. The van der Waals surface area contributed by atoms with Crippen LogP contribution in [0.5, 0.6) is 0 Å². The van der Waals surface area contributed by atoms with E-state index in [-0.39, 0.29) is 17.3 Å². The fourth-order valence-corrected chi connectivity index (χ4v) is 1.98. The predicted octanol–water partition coefficient (Wildman–Crippen LogP) is 0.889. The van der Waals surface area contributed by atoms with Crippen LogP contribution in [-0.4, -0.2) is 31.6 Å². The molecule has 3 N–H and O–H groups in total. The number of carbonyl (C=O) groups is 2. The number of halogens is 3. The minimum Gasteiger partial charge on any atom is -0.363 e. The Hall–Kier alpha value is -2.98. The van der Waals surface area contributed by atoms with E-state index >= 15 is 0 Å². The third-order valence-corrected chi connectivity index (χ3v) is 2.84. The molecule has 0 aliphatic carbocycles. The minimum atomic E-state index is -4.74. The summed E-state index contributed by atoms with van der Waals surface area (Å²) in [5.41, 5.74) is 2.86. The Labute approximate surface area is 127 Å². The van der Waals surface area contributed by atoms with Crippen LogP contribution >= 0.6 is 0 Å². The van der Waals surface area contributed by atoms with Gasteiger partial charge in [-0.25, -0.2) is 9.97 Å². The summed E-state index contributed by atoms with van der Waals surface area (Å²) in [5, 5.41) is 5.78. The number of hydrogen-bond donors (Lipinski definition) is 2. The molecule has 0 saturated heterocycles. The topological polar surface area (TPSA) is 116 Å². The molecule has 0 saturated carbocycles.